The first kappa shape index (κ1) is 11.1. The molecule has 0 unspecified atom stereocenters. The third-order valence-electron chi connectivity index (χ3n) is 2.56. The highest BCUT2D eigenvalue weighted by Gasteiger charge is 2.05. The van der Waals surface area contributed by atoms with Crippen LogP contribution in [0.1, 0.15) is 0 Å². The fourth-order valence-electron chi connectivity index (χ4n) is 1.75. The van der Waals surface area contributed by atoms with Crippen molar-refractivity contribution in [1.29, 1.82) is 0 Å². The maximum atomic E-state index is 4.30. The molecule has 0 bridgehead atoms. The van der Waals surface area contributed by atoms with E-state index in [1.165, 1.54) is 16.8 Å². The van der Waals surface area contributed by atoms with Crippen LogP contribution in [0.15, 0.2) is 53.4 Å². The normalized spacial score (nSPS) is 10.2. The molecule has 0 aliphatic heterocycles. The molecule has 2 aromatic rings. The molecule has 2 rings (SSSR count). The van der Waals surface area contributed by atoms with Crippen molar-refractivity contribution in [1.82, 2.24) is 0 Å². The molecule has 82 valence electrons. The van der Waals surface area contributed by atoms with E-state index in [1.54, 1.807) is 0 Å². The Morgan fingerprint density at radius 3 is 2.12 bits per heavy atom. The molecule has 2 aromatic carbocycles. The number of benzene rings is 2. The largest absolute Gasteiger partial charge is 0.377 e. The van der Waals surface area contributed by atoms with Crippen LogP contribution < -0.4 is 4.90 Å². The lowest BCUT2D eigenvalue weighted by atomic mass is 10.0. The zero-order valence-electron chi connectivity index (χ0n) is 9.51. The second-order valence-electron chi connectivity index (χ2n) is 3.96. The topological polar surface area (TPSA) is 3.24 Å². The highest BCUT2D eigenvalue weighted by Crippen LogP contribution is 2.29. The summed E-state index contributed by atoms with van der Waals surface area (Å²) in [6.45, 7) is 0. The highest BCUT2D eigenvalue weighted by molar-refractivity contribution is 7.80. The van der Waals surface area contributed by atoms with Crippen LogP contribution in [0.5, 0.6) is 0 Å². The van der Waals surface area contributed by atoms with Gasteiger partial charge in [0.2, 0.25) is 0 Å². The molecule has 0 aliphatic rings. The van der Waals surface area contributed by atoms with Crippen molar-refractivity contribution in [2.75, 3.05) is 19.0 Å². The fourth-order valence-corrected chi connectivity index (χ4v) is 1.90. The summed E-state index contributed by atoms with van der Waals surface area (Å²) in [5.74, 6) is 0. The average molecular weight is 229 g/mol. The maximum absolute atomic E-state index is 4.30. The highest BCUT2D eigenvalue weighted by atomic mass is 32.1. The number of hydrogen-bond donors (Lipinski definition) is 1. The molecule has 1 nitrogen and oxygen atoms in total. The van der Waals surface area contributed by atoms with E-state index < -0.39 is 0 Å². The van der Waals surface area contributed by atoms with Gasteiger partial charge in [0, 0.05) is 30.2 Å². The molecule has 0 saturated heterocycles. The summed E-state index contributed by atoms with van der Waals surface area (Å²) in [5, 5.41) is 0. The van der Waals surface area contributed by atoms with Crippen LogP contribution in [0.3, 0.4) is 0 Å². The molecule has 0 aliphatic carbocycles. The predicted molar refractivity (Wildman–Crippen MR) is 73.5 cm³/mol. The van der Waals surface area contributed by atoms with Gasteiger partial charge in [-0.15, -0.1) is 12.6 Å². The van der Waals surface area contributed by atoms with Crippen LogP contribution in [0, 0.1) is 0 Å². The first-order chi connectivity index (χ1) is 7.68. The average Bonchev–Trinajstić information content (AvgIpc) is 2.30. The Morgan fingerprint density at radius 1 is 0.875 bits per heavy atom. The molecular formula is C14H15NS. The standard InChI is InChI=1S/C14H15NS/c1-15(2)14-6-4-3-5-13(14)11-7-9-12(16)10-8-11/h3-10,16H,1-2H3. The molecule has 0 fully saturated rings. The molecule has 2 heteroatoms. The van der Waals surface area contributed by atoms with Crippen molar-refractivity contribution in [2.45, 2.75) is 4.90 Å². The first-order valence-electron chi connectivity index (χ1n) is 5.24. The third kappa shape index (κ3) is 2.22. The van der Waals surface area contributed by atoms with Gasteiger partial charge in [0.15, 0.2) is 0 Å². The Labute approximate surface area is 102 Å². The second-order valence-corrected chi connectivity index (χ2v) is 4.47. The van der Waals surface area contributed by atoms with Crippen molar-refractivity contribution in [2.24, 2.45) is 0 Å². The zero-order chi connectivity index (χ0) is 11.5. The number of anilines is 1. The minimum absolute atomic E-state index is 0.992. The van der Waals surface area contributed by atoms with Gasteiger partial charge >= 0.3 is 0 Å². The molecule has 0 saturated carbocycles. The van der Waals surface area contributed by atoms with Gasteiger partial charge < -0.3 is 4.90 Å². The van der Waals surface area contributed by atoms with Crippen molar-refractivity contribution in [3.05, 3.63) is 48.5 Å². The Morgan fingerprint density at radius 2 is 1.50 bits per heavy atom. The molecule has 0 amide bonds. The molecule has 0 atom stereocenters. The van der Waals surface area contributed by atoms with Gasteiger partial charge in [0.25, 0.3) is 0 Å². The van der Waals surface area contributed by atoms with Gasteiger partial charge in [-0.05, 0) is 23.8 Å². The molecule has 0 spiro atoms. The van der Waals surface area contributed by atoms with Gasteiger partial charge in [0.05, 0.1) is 0 Å². The Hall–Kier alpha value is -1.41. The van der Waals surface area contributed by atoms with Crippen LogP contribution in [0.2, 0.25) is 0 Å². The van der Waals surface area contributed by atoms with E-state index in [9.17, 15) is 0 Å². The summed E-state index contributed by atoms with van der Waals surface area (Å²) >= 11 is 4.30. The molecular weight excluding hydrogens is 214 g/mol. The minimum Gasteiger partial charge on any atom is -0.377 e. The van der Waals surface area contributed by atoms with E-state index >= 15 is 0 Å². The summed E-state index contributed by atoms with van der Waals surface area (Å²) in [6, 6.07) is 16.6. The van der Waals surface area contributed by atoms with E-state index in [4.69, 9.17) is 0 Å². The van der Waals surface area contributed by atoms with Crippen molar-refractivity contribution in [3.8, 4) is 11.1 Å². The van der Waals surface area contributed by atoms with Crippen LogP contribution in [0.4, 0.5) is 5.69 Å². The number of para-hydroxylation sites is 1. The summed E-state index contributed by atoms with van der Waals surface area (Å²) < 4.78 is 0. The molecule has 0 heterocycles. The van der Waals surface area contributed by atoms with Crippen LogP contribution >= 0.6 is 12.6 Å². The number of nitrogens with zero attached hydrogens (tertiary/aromatic N) is 1. The quantitative estimate of drug-likeness (QED) is 0.768. The van der Waals surface area contributed by atoms with Gasteiger partial charge in [0.1, 0.15) is 0 Å². The van der Waals surface area contributed by atoms with E-state index in [0.717, 1.165) is 4.90 Å². The smallest absolute Gasteiger partial charge is 0.0440 e. The summed E-state index contributed by atoms with van der Waals surface area (Å²) in [4.78, 5) is 3.12. The summed E-state index contributed by atoms with van der Waals surface area (Å²) in [5.41, 5.74) is 3.71. The van der Waals surface area contributed by atoms with Gasteiger partial charge in [-0.2, -0.15) is 0 Å². The second kappa shape index (κ2) is 4.62. The Kier molecular flexibility index (Phi) is 3.20. The first-order valence-corrected chi connectivity index (χ1v) is 5.69. The van der Waals surface area contributed by atoms with Gasteiger partial charge in [-0.3, -0.25) is 0 Å². The molecule has 0 radical (unpaired) electrons. The lowest BCUT2D eigenvalue weighted by Gasteiger charge is -2.17. The van der Waals surface area contributed by atoms with Crippen molar-refractivity contribution >= 4 is 18.3 Å². The van der Waals surface area contributed by atoms with Gasteiger partial charge in [-0.25, -0.2) is 0 Å². The SMILES string of the molecule is CN(C)c1ccccc1-c1ccc(S)cc1. The van der Waals surface area contributed by atoms with Gasteiger partial charge in [-0.1, -0.05) is 30.3 Å². The minimum atomic E-state index is 0.992. The van der Waals surface area contributed by atoms with E-state index in [-0.39, 0.29) is 0 Å². The molecule has 0 aromatic heterocycles. The zero-order valence-corrected chi connectivity index (χ0v) is 10.4. The van der Waals surface area contributed by atoms with Crippen LogP contribution in [-0.2, 0) is 0 Å². The maximum Gasteiger partial charge on any atom is 0.0440 e. The Balaban J connectivity index is 2.51. The van der Waals surface area contributed by atoms with Crippen LogP contribution in [0.25, 0.3) is 11.1 Å². The van der Waals surface area contributed by atoms with Crippen molar-refractivity contribution in [3.63, 3.8) is 0 Å². The molecule has 0 N–H and O–H groups in total. The summed E-state index contributed by atoms with van der Waals surface area (Å²) in [7, 11) is 4.12. The number of rotatable bonds is 2. The predicted octanol–water partition coefficient (Wildman–Crippen LogP) is 3.71. The fraction of sp³-hybridized carbons (Fsp3) is 0.143. The van der Waals surface area contributed by atoms with E-state index in [1.807, 2.05) is 12.1 Å². The molecule has 16 heavy (non-hydrogen) atoms. The van der Waals surface area contributed by atoms with Crippen molar-refractivity contribution < 1.29 is 0 Å². The van der Waals surface area contributed by atoms with Crippen LogP contribution in [-0.4, -0.2) is 14.1 Å². The monoisotopic (exact) mass is 229 g/mol. The Bertz CT molecular complexity index is 474. The summed E-state index contributed by atoms with van der Waals surface area (Å²) in [6.07, 6.45) is 0. The van der Waals surface area contributed by atoms with E-state index in [2.05, 4.69) is 68.0 Å². The third-order valence-corrected chi connectivity index (χ3v) is 2.86. The van der Waals surface area contributed by atoms with E-state index in [0.29, 0.717) is 0 Å². The lowest BCUT2D eigenvalue weighted by Crippen LogP contribution is -2.09. The lowest BCUT2D eigenvalue weighted by molar-refractivity contribution is 1.13. The number of thiol groups is 1. The number of hydrogen-bond acceptors (Lipinski definition) is 2.